The van der Waals surface area contributed by atoms with Crippen LogP contribution in [0.25, 0.3) is 21.7 Å². The summed E-state index contributed by atoms with van der Waals surface area (Å²) in [7, 11) is 0. The number of amides is 1. The first-order valence-corrected chi connectivity index (χ1v) is 11.4. The van der Waals surface area contributed by atoms with E-state index >= 15 is 0 Å². The smallest absolute Gasteiger partial charge is 0.290 e. The maximum atomic E-state index is 13.8. The summed E-state index contributed by atoms with van der Waals surface area (Å²) >= 11 is 0. The molecule has 1 unspecified atom stereocenters. The predicted octanol–water partition coefficient (Wildman–Crippen LogP) is 3.82. The summed E-state index contributed by atoms with van der Waals surface area (Å²) in [5.41, 5.74) is 1.70. The minimum Gasteiger partial charge on any atom is -0.450 e. The van der Waals surface area contributed by atoms with E-state index in [1.807, 2.05) is 66.7 Å². The zero-order valence-corrected chi connectivity index (χ0v) is 18.2. The Morgan fingerprint density at radius 2 is 1.58 bits per heavy atom. The van der Waals surface area contributed by atoms with Gasteiger partial charge in [0, 0.05) is 31.6 Å². The Bertz CT molecular complexity index is 1410. The Hall–Kier alpha value is -3.48. The van der Waals surface area contributed by atoms with Crippen LogP contribution in [0.2, 0.25) is 0 Å². The van der Waals surface area contributed by atoms with E-state index in [0.29, 0.717) is 36.3 Å². The molecular formula is C27H24N2O4. The van der Waals surface area contributed by atoms with Crippen LogP contribution in [0.3, 0.4) is 0 Å². The van der Waals surface area contributed by atoms with Crippen LogP contribution in [0, 0.1) is 0 Å². The topological polar surface area (TPSA) is 63.0 Å². The van der Waals surface area contributed by atoms with Gasteiger partial charge in [0.15, 0.2) is 5.43 Å². The number of benzene rings is 3. The van der Waals surface area contributed by atoms with Gasteiger partial charge < -0.3 is 14.1 Å². The molecule has 1 aromatic heterocycles. The predicted molar refractivity (Wildman–Crippen MR) is 127 cm³/mol. The van der Waals surface area contributed by atoms with E-state index < -0.39 is 6.04 Å². The van der Waals surface area contributed by atoms with E-state index in [0.717, 1.165) is 36.0 Å². The van der Waals surface area contributed by atoms with Crippen LogP contribution in [0.15, 0.2) is 75.9 Å². The van der Waals surface area contributed by atoms with E-state index in [2.05, 4.69) is 4.90 Å². The molecule has 0 radical (unpaired) electrons. The Kier molecular flexibility index (Phi) is 4.97. The van der Waals surface area contributed by atoms with Crippen LogP contribution < -0.4 is 5.43 Å². The third-order valence-electron chi connectivity index (χ3n) is 6.73. The van der Waals surface area contributed by atoms with Crippen LogP contribution >= 0.6 is 0 Å². The van der Waals surface area contributed by atoms with E-state index in [-0.39, 0.29) is 17.1 Å². The van der Waals surface area contributed by atoms with Crippen molar-refractivity contribution in [2.45, 2.75) is 6.04 Å². The Labute approximate surface area is 191 Å². The molecule has 0 aliphatic carbocycles. The van der Waals surface area contributed by atoms with Crippen LogP contribution in [-0.2, 0) is 4.74 Å². The fraction of sp³-hybridized carbons (Fsp3) is 0.259. The highest BCUT2D eigenvalue weighted by Gasteiger charge is 2.42. The number of carbonyl (C=O) groups excluding carboxylic acids is 1. The van der Waals surface area contributed by atoms with Gasteiger partial charge in [-0.25, -0.2) is 0 Å². The minimum atomic E-state index is -0.457. The van der Waals surface area contributed by atoms with Gasteiger partial charge in [0.2, 0.25) is 5.76 Å². The maximum Gasteiger partial charge on any atom is 0.290 e. The van der Waals surface area contributed by atoms with E-state index in [4.69, 9.17) is 9.15 Å². The van der Waals surface area contributed by atoms with Crippen molar-refractivity contribution < 1.29 is 13.9 Å². The van der Waals surface area contributed by atoms with Crippen molar-refractivity contribution >= 4 is 27.6 Å². The lowest BCUT2D eigenvalue weighted by Crippen LogP contribution is -2.42. The molecule has 0 spiro atoms. The van der Waals surface area contributed by atoms with Gasteiger partial charge in [-0.3, -0.25) is 14.5 Å². The average molecular weight is 440 g/mol. The molecular weight excluding hydrogens is 416 g/mol. The van der Waals surface area contributed by atoms with Gasteiger partial charge in [0.05, 0.1) is 30.2 Å². The molecule has 6 nitrogen and oxygen atoms in total. The second-order valence-corrected chi connectivity index (χ2v) is 8.60. The molecule has 6 rings (SSSR count). The fourth-order valence-electron chi connectivity index (χ4n) is 5.03. The van der Waals surface area contributed by atoms with Crippen molar-refractivity contribution in [2.24, 2.45) is 0 Å². The molecule has 0 N–H and O–H groups in total. The van der Waals surface area contributed by atoms with Crippen LogP contribution in [0.1, 0.15) is 27.7 Å². The fourth-order valence-corrected chi connectivity index (χ4v) is 5.03. The summed E-state index contributed by atoms with van der Waals surface area (Å²) in [5, 5.41) is 2.32. The van der Waals surface area contributed by atoms with Crippen molar-refractivity contribution in [1.29, 1.82) is 0 Å². The zero-order chi connectivity index (χ0) is 22.4. The zero-order valence-electron chi connectivity index (χ0n) is 18.2. The number of nitrogens with zero attached hydrogens (tertiary/aromatic N) is 2. The molecule has 3 aromatic carbocycles. The van der Waals surface area contributed by atoms with E-state index in [1.54, 1.807) is 4.90 Å². The van der Waals surface area contributed by atoms with Gasteiger partial charge in [-0.05, 0) is 17.0 Å². The molecule has 3 heterocycles. The quantitative estimate of drug-likeness (QED) is 0.452. The molecule has 1 saturated heterocycles. The number of ether oxygens (including phenoxy) is 1. The van der Waals surface area contributed by atoms with Crippen molar-refractivity contribution in [1.82, 2.24) is 9.80 Å². The van der Waals surface area contributed by atoms with Gasteiger partial charge in [-0.2, -0.15) is 0 Å². The third-order valence-corrected chi connectivity index (χ3v) is 6.73. The summed E-state index contributed by atoms with van der Waals surface area (Å²) in [6.45, 7) is 4.34. The summed E-state index contributed by atoms with van der Waals surface area (Å²) in [5.74, 6) is -0.0567. The lowest BCUT2D eigenvalue weighted by atomic mass is 9.97. The summed E-state index contributed by atoms with van der Waals surface area (Å²) in [6.07, 6.45) is 0. The molecule has 0 saturated carbocycles. The molecule has 0 bridgehead atoms. The van der Waals surface area contributed by atoms with Crippen molar-refractivity contribution in [3.8, 4) is 0 Å². The van der Waals surface area contributed by atoms with E-state index in [9.17, 15) is 9.59 Å². The molecule has 4 aromatic rings. The number of morpholine rings is 1. The third kappa shape index (κ3) is 3.34. The van der Waals surface area contributed by atoms with Crippen LogP contribution in [0.5, 0.6) is 0 Å². The monoisotopic (exact) mass is 440 g/mol. The number of rotatable bonds is 4. The first-order chi connectivity index (χ1) is 16.2. The van der Waals surface area contributed by atoms with Gasteiger partial charge in [-0.15, -0.1) is 0 Å². The van der Waals surface area contributed by atoms with Gasteiger partial charge >= 0.3 is 0 Å². The second-order valence-electron chi connectivity index (χ2n) is 8.60. The summed E-state index contributed by atoms with van der Waals surface area (Å²) in [6, 6.07) is 20.8. The van der Waals surface area contributed by atoms with Gasteiger partial charge in [0.25, 0.3) is 5.91 Å². The van der Waals surface area contributed by atoms with Crippen LogP contribution in [-0.4, -0.2) is 55.1 Å². The van der Waals surface area contributed by atoms with Crippen molar-refractivity contribution in [3.05, 3.63) is 93.8 Å². The lowest BCUT2D eigenvalue weighted by Gasteiger charge is -2.31. The number of carbonyl (C=O) groups is 1. The number of hydrogen-bond acceptors (Lipinski definition) is 5. The highest BCUT2D eigenvalue weighted by Crippen LogP contribution is 2.39. The SMILES string of the molecule is O=C1c2oc3c(ccc4ccccc43)c(=O)c2C(c2ccccc2)N1CCN1CCOCC1. The summed E-state index contributed by atoms with van der Waals surface area (Å²) in [4.78, 5) is 31.5. The standard InChI is InChI=1S/C27H24N2O4/c30-24-21-11-10-18-6-4-5-9-20(18)25(21)33-26-22(24)23(19-7-2-1-3-8-19)29(27(26)31)13-12-28-14-16-32-17-15-28/h1-11,23H,12-17H2. The van der Waals surface area contributed by atoms with Crippen molar-refractivity contribution in [2.75, 3.05) is 39.4 Å². The Morgan fingerprint density at radius 3 is 2.39 bits per heavy atom. The average Bonchev–Trinajstić information content (AvgIpc) is 3.15. The number of fused-ring (bicyclic) bond motifs is 4. The summed E-state index contributed by atoms with van der Waals surface area (Å²) < 4.78 is 11.7. The van der Waals surface area contributed by atoms with Crippen molar-refractivity contribution in [3.63, 3.8) is 0 Å². The molecule has 2 aliphatic rings. The second kappa shape index (κ2) is 8.14. The molecule has 6 heteroatoms. The first-order valence-electron chi connectivity index (χ1n) is 11.4. The van der Waals surface area contributed by atoms with Gasteiger partial charge in [-0.1, -0.05) is 60.7 Å². The Morgan fingerprint density at radius 1 is 0.818 bits per heavy atom. The highest BCUT2D eigenvalue weighted by atomic mass is 16.5. The highest BCUT2D eigenvalue weighted by molar-refractivity contribution is 6.06. The Balaban J connectivity index is 1.50. The molecule has 1 fully saturated rings. The lowest BCUT2D eigenvalue weighted by molar-refractivity contribution is 0.0314. The molecule has 166 valence electrons. The molecule has 1 amide bonds. The van der Waals surface area contributed by atoms with Gasteiger partial charge in [0.1, 0.15) is 5.58 Å². The first kappa shape index (κ1) is 20.1. The minimum absolute atomic E-state index is 0.131. The molecule has 1 atom stereocenters. The number of hydrogen-bond donors (Lipinski definition) is 0. The van der Waals surface area contributed by atoms with E-state index in [1.165, 1.54) is 0 Å². The van der Waals surface area contributed by atoms with Crippen LogP contribution in [0.4, 0.5) is 0 Å². The maximum absolute atomic E-state index is 13.8. The molecule has 33 heavy (non-hydrogen) atoms. The largest absolute Gasteiger partial charge is 0.450 e. The molecule has 2 aliphatic heterocycles. The normalized spacial score (nSPS) is 18.8.